The molecule has 0 aromatic carbocycles. The van der Waals surface area contributed by atoms with Crippen molar-refractivity contribution in [2.45, 2.75) is 25.8 Å². The SMILES string of the molecule is COC(=O)CC[C@H](Nc1nc(Cl)nc(C)c1[N+](=O)[O-])C(=O)OC. The highest BCUT2D eigenvalue weighted by Gasteiger charge is 2.27. The number of esters is 2. The number of rotatable bonds is 7. The summed E-state index contributed by atoms with van der Waals surface area (Å²) >= 11 is 5.70. The molecular formula is C12H15ClN4O6. The normalized spacial score (nSPS) is 11.5. The van der Waals surface area contributed by atoms with Crippen molar-refractivity contribution in [2.75, 3.05) is 19.5 Å². The highest BCUT2D eigenvalue weighted by Crippen LogP contribution is 2.27. The molecular weight excluding hydrogens is 332 g/mol. The molecule has 0 radical (unpaired) electrons. The summed E-state index contributed by atoms with van der Waals surface area (Å²) in [7, 11) is 2.36. The molecule has 0 unspecified atom stereocenters. The second kappa shape index (κ2) is 8.22. The van der Waals surface area contributed by atoms with E-state index in [4.69, 9.17) is 11.6 Å². The number of halogens is 1. The fraction of sp³-hybridized carbons (Fsp3) is 0.500. The van der Waals surface area contributed by atoms with E-state index >= 15 is 0 Å². The van der Waals surface area contributed by atoms with Crippen LogP contribution in [0.1, 0.15) is 18.5 Å². The van der Waals surface area contributed by atoms with Crippen molar-refractivity contribution in [3.63, 3.8) is 0 Å². The Bertz CT molecular complexity index is 624. The van der Waals surface area contributed by atoms with Crippen LogP contribution >= 0.6 is 11.6 Å². The molecule has 10 nitrogen and oxygen atoms in total. The fourth-order valence-electron chi connectivity index (χ4n) is 1.77. The van der Waals surface area contributed by atoms with Crippen LogP contribution in [0.5, 0.6) is 0 Å². The Balaban J connectivity index is 3.10. The van der Waals surface area contributed by atoms with Gasteiger partial charge in [0.25, 0.3) is 0 Å². The highest BCUT2D eigenvalue weighted by atomic mass is 35.5. The van der Waals surface area contributed by atoms with Crippen molar-refractivity contribution < 1.29 is 24.0 Å². The minimum atomic E-state index is -1.04. The van der Waals surface area contributed by atoms with Crippen LogP contribution in [0.4, 0.5) is 11.5 Å². The number of nitrogens with zero attached hydrogens (tertiary/aromatic N) is 3. The Kier molecular flexibility index (Phi) is 6.64. The second-order valence-corrected chi connectivity index (χ2v) is 4.71. The van der Waals surface area contributed by atoms with Crippen LogP contribution in [-0.2, 0) is 19.1 Å². The van der Waals surface area contributed by atoms with Gasteiger partial charge in [-0.2, -0.15) is 4.98 Å². The first kappa shape index (κ1) is 18.6. The van der Waals surface area contributed by atoms with Crippen molar-refractivity contribution in [3.8, 4) is 0 Å². The number of carbonyl (C=O) groups excluding carboxylic acids is 2. The van der Waals surface area contributed by atoms with E-state index in [1.165, 1.54) is 14.0 Å². The van der Waals surface area contributed by atoms with Gasteiger partial charge in [-0.25, -0.2) is 9.78 Å². The smallest absolute Gasteiger partial charge is 0.332 e. The van der Waals surface area contributed by atoms with Gasteiger partial charge in [-0.1, -0.05) is 0 Å². The molecule has 1 N–H and O–H groups in total. The standard InChI is InChI=1S/C12H15ClN4O6/c1-6-9(17(20)21)10(16-12(13)14-6)15-7(11(19)23-3)4-5-8(18)22-2/h7H,4-5H2,1-3H3,(H,14,15,16)/t7-/m0/s1. The van der Waals surface area contributed by atoms with E-state index in [1.54, 1.807) is 0 Å². The first-order valence-corrected chi connectivity index (χ1v) is 6.77. The van der Waals surface area contributed by atoms with Gasteiger partial charge in [0, 0.05) is 6.42 Å². The van der Waals surface area contributed by atoms with Crippen molar-refractivity contribution in [1.29, 1.82) is 0 Å². The number of aryl methyl sites for hydroxylation is 1. The summed E-state index contributed by atoms with van der Waals surface area (Å²) in [5, 5.41) is 13.5. The number of nitro groups is 1. The summed E-state index contributed by atoms with van der Waals surface area (Å²) in [5.41, 5.74) is -0.379. The summed E-state index contributed by atoms with van der Waals surface area (Å²) in [6, 6.07) is -1.04. The van der Waals surface area contributed by atoms with Crippen LogP contribution in [0.2, 0.25) is 5.28 Å². The number of ether oxygens (including phenoxy) is 2. The molecule has 0 aliphatic heterocycles. The van der Waals surface area contributed by atoms with E-state index in [1.807, 2.05) is 0 Å². The Morgan fingerprint density at radius 2 is 2.00 bits per heavy atom. The van der Waals surface area contributed by atoms with E-state index in [-0.39, 0.29) is 29.6 Å². The molecule has 0 spiro atoms. The lowest BCUT2D eigenvalue weighted by Crippen LogP contribution is -2.32. The van der Waals surface area contributed by atoms with Gasteiger partial charge in [0.15, 0.2) is 0 Å². The summed E-state index contributed by atoms with van der Waals surface area (Å²) < 4.78 is 9.10. The molecule has 0 saturated heterocycles. The topological polar surface area (TPSA) is 134 Å². The van der Waals surface area contributed by atoms with E-state index in [2.05, 4.69) is 24.8 Å². The summed E-state index contributed by atoms with van der Waals surface area (Å²) in [6.45, 7) is 1.39. The predicted octanol–water partition coefficient (Wildman–Crippen LogP) is 1.25. The maximum atomic E-state index is 11.8. The molecule has 23 heavy (non-hydrogen) atoms. The van der Waals surface area contributed by atoms with E-state index in [0.29, 0.717) is 0 Å². The van der Waals surface area contributed by atoms with Crippen molar-refractivity contribution in [1.82, 2.24) is 9.97 Å². The van der Waals surface area contributed by atoms with Crippen LogP contribution < -0.4 is 5.32 Å². The Labute approximate surface area is 136 Å². The molecule has 126 valence electrons. The first-order chi connectivity index (χ1) is 10.8. The second-order valence-electron chi connectivity index (χ2n) is 4.37. The molecule has 0 fully saturated rings. The van der Waals surface area contributed by atoms with Gasteiger partial charge in [0.05, 0.1) is 19.1 Å². The molecule has 1 atom stereocenters. The minimum Gasteiger partial charge on any atom is -0.469 e. The number of carbonyl (C=O) groups is 2. The lowest BCUT2D eigenvalue weighted by atomic mass is 10.1. The quantitative estimate of drug-likeness (QED) is 0.335. The number of hydrogen-bond acceptors (Lipinski definition) is 9. The molecule has 0 aliphatic rings. The fourth-order valence-corrected chi connectivity index (χ4v) is 1.98. The Morgan fingerprint density at radius 1 is 1.35 bits per heavy atom. The van der Waals surface area contributed by atoms with Crippen LogP contribution in [0.15, 0.2) is 0 Å². The lowest BCUT2D eigenvalue weighted by Gasteiger charge is -2.16. The summed E-state index contributed by atoms with van der Waals surface area (Å²) in [4.78, 5) is 40.9. The largest absolute Gasteiger partial charge is 0.469 e. The average Bonchev–Trinajstić information content (AvgIpc) is 2.48. The third-order valence-corrected chi connectivity index (χ3v) is 3.04. The monoisotopic (exact) mass is 346 g/mol. The number of nitrogens with one attached hydrogen (secondary N) is 1. The van der Waals surface area contributed by atoms with E-state index < -0.39 is 28.6 Å². The van der Waals surface area contributed by atoms with Crippen LogP contribution in [0.25, 0.3) is 0 Å². The molecule has 0 saturated carbocycles. The van der Waals surface area contributed by atoms with Crippen molar-refractivity contribution >= 4 is 35.0 Å². The Hall–Kier alpha value is -2.49. The van der Waals surface area contributed by atoms with Gasteiger partial charge in [0.1, 0.15) is 11.7 Å². The third kappa shape index (κ3) is 5.02. The van der Waals surface area contributed by atoms with Gasteiger partial charge >= 0.3 is 17.6 Å². The van der Waals surface area contributed by atoms with Crippen molar-refractivity contribution in [2.24, 2.45) is 0 Å². The van der Waals surface area contributed by atoms with Crippen LogP contribution in [0.3, 0.4) is 0 Å². The van der Waals surface area contributed by atoms with Gasteiger partial charge in [-0.05, 0) is 24.9 Å². The van der Waals surface area contributed by atoms with Crippen LogP contribution in [-0.4, -0.2) is 47.1 Å². The average molecular weight is 347 g/mol. The van der Waals surface area contributed by atoms with Crippen LogP contribution in [0, 0.1) is 17.0 Å². The van der Waals surface area contributed by atoms with Gasteiger partial charge in [-0.15, -0.1) is 0 Å². The van der Waals surface area contributed by atoms with Gasteiger partial charge in [0.2, 0.25) is 11.1 Å². The van der Waals surface area contributed by atoms with Gasteiger partial charge < -0.3 is 14.8 Å². The predicted molar refractivity (Wildman–Crippen MR) is 79.1 cm³/mol. The number of methoxy groups -OCH3 is 2. The highest BCUT2D eigenvalue weighted by molar-refractivity contribution is 6.28. The number of hydrogen-bond donors (Lipinski definition) is 1. The third-order valence-electron chi connectivity index (χ3n) is 2.88. The molecule has 1 aromatic rings. The zero-order valence-corrected chi connectivity index (χ0v) is 13.4. The molecule has 0 bridgehead atoms. The van der Waals surface area contributed by atoms with E-state index in [9.17, 15) is 19.7 Å². The molecule has 0 amide bonds. The molecule has 0 aliphatic carbocycles. The zero-order chi connectivity index (χ0) is 17.6. The number of anilines is 1. The first-order valence-electron chi connectivity index (χ1n) is 6.39. The van der Waals surface area contributed by atoms with Crippen molar-refractivity contribution in [3.05, 3.63) is 21.1 Å². The zero-order valence-electron chi connectivity index (χ0n) is 12.7. The summed E-state index contributed by atoms with van der Waals surface area (Å²) in [6.07, 6.45) is -0.0912. The number of aromatic nitrogens is 2. The Morgan fingerprint density at radius 3 is 2.52 bits per heavy atom. The minimum absolute atomic E-state index is 0.00281. The lowest BCUT2D eigenvalue weighted by molar-refractivity contribution is -0.385. The molecule has 1 rings (SSSR count). The van der Waals surface area contributed by atoms with E-state index in [0.717, 1.165) is 7.11 Å². The molecule has 1 heterocycles. The molecule has 11 heteroatoms. The summed E-state index contributed by atoms with van der Waals surface area (Å²) in [5.74, 6) is -1.48. The maximum Gasteiger partial charge on any atom is 0.332 e. The van der Waals surface area contributed by atoms with Gasteiger partial charge in [-0.3, -0.25) is 14.9 Å². The maximum absolute atomic E-state index is 11.8. The molecule has 1 aromatic heterocycles.